The lowest BCUT2D eigenvalue weighted by molar-refractivity contribution is 0.242. The van der Waals surface area contributed by atoms with E-state index in [-0.39, 0.29) is 0 Å². The summed E-state index contributed by atoms with van der Waals surface area (Å²) in [6.45, 7) is 3.56. The first-order valence-electron chi connectivity index (χ1n) is 8.03. The molecule has 0 amide bonds. The third-order valence-corrected chi connectivity index (χ3v) is 4.96. The largest absolute Gasteiger partial charge is 0.303 e. The van der Waals surface area contributed by atoms with E-state index in [1.165, 1.54) is 32.4 Å². The number of nitriles is 1. The first-order valence-corrected chi connectivity index (χ1v) is 9.02. The Kier molecular flexibility index (Phi) is 5.62. The van der Waals surface area contributed by atoms with Crippen LogP contribution < -0.4 is 0 Å². The maximum absolute atomic E-state index is 9.30. The van der Waals surface area contributed by atoms with Crippen LogP contribution in [0.4, 0.5) is 0 Å². The molecule has 2 aromatic heterocycles. The molecule has 23 heavy (non-hydrogen) atoms. The Labute approximate surface area is 141 Å². The van der Waals surface area contributed by atoms with Gasteiger partial charge >= 0.3 is 0 Å². The third-order valence-electron chi connectivity index (χ3n) is 4.05. The van der Waals surface area contributed by atoms with Gasteiger partial charge in [0.1, 0.15) is 6.07 Å². The highest BCUT2D eigenvalue weighted by molar-refractivity contribution is 7.99. The molecule has 0 aromatic carbocycles. The van der Waals surface area contributed by atoms with E-state index in [2.05, 4.69) is 16.0 Å². The molecule has 2 aromatic rings. The summed E-state index contributed by atoms with van der Waals surface area (Å²) >= 11 is 1.76. The molecule has 0 N–H and O–H groups in total. The van der Waals surface area contributed by atoms with E-state index in [9.17, 15) is 5.26 Å². The molecule has 1 aliphatic rings. The number of pyridine rings is 2. The first kappa shape index (κ1) is 16.0. The molecule has 0 bridgehead atoms. The van der Waals surface area contributed by atoms with Crippen LogP contribution in [-0.2, 0) is 0 Å². The number of thioether (sulfide) groups is 1. The van der Waals surface area contributed by atoms with Gasteiger partial charge in [0.05, 0.1) is 16.3 Å². The molecule has 0 unspecified atom stereocenters. The van der Waals surface area contributed by atoms with E-state index in [1.807, 2.05) is 24.3 Å². The molecule has 0 spiro atoms. The summed E-state index contributed by atoms with van der Waals surface area (Å²) < 4.78 is 0. The van der Waals surface area contributed by atoms with Crippen LogP contribution in [0.1, 0.15) is 24.8 Å². The fourth-order valence-electron chi connectivity index (χ4n) is 2.80. The summed E-state index contributed by atoms with van der Waals surface area (Å²) in [6.07, 6.45) is 7.48. The van der Waals surface area contributed by atoms with Crippen molar-refractivity contribution >= 4 is 11.8 Å². The Morgan fingerprint density at radius 3 is 2.61 bits per heavy atom. The summed E-state index contributed by atoms with van der Waals surface area (Å²) in [5, 5.41) is 10.3. The number of rotatable bonds is 5. The fraction of sp³-hybridized carbons (Fsp3) is 0.389. The van der Waals surface area contributed by atoms with Gasteiger partial charge in [-0.25, -0.2) is 4.98 Å². The molecule has 0 radical (unpaired) electrons. The van der Waals surface area contributed by atoms with Crippen molar-refractivity contribution in [1.82, 2.24) is 14.9 Å². The Hall–Kier alpha value is -1.90. The maximum Gasteiger partial charge on any atom is 0.101 e. The number of hydrogen-bond acceptors (Lipinski definition) is 5. The second-order valence-electron chi connectivity index (χ2n) is 5.64. The second kappa shape index (κ2) is 8.09. The molecule has 0 atom stereocenters. The third kappa shape index (κ3) is 4.31. The Morgan fingerprint density at radius 1 is 1.09 bits per heavy atom. The minimum atomic E-state index is 0.608. The topological polar surface area (TPSA) is 52.8 Å². The van der Waals surface area contributed by atoms with Crippen LogP contribution >= 0.6 is 11.8 Å². The molecule has 118 valence electrons. The minimum Gasteiger partial charge on any atom is -0.303 e. The molecule has 3 rings (SSSR count). The minimum absolute atomic E-state index is 0.608. The molecule has 0 aliphatic carbocycles. The Morgan fingerprint density at radius 2 is 1.87 bits per heavy atom. The van der Waals surface area contributed by atoms with Gasteiger partial charge in [-0.1, -0.05) is 6.42 Å². The normalized spacial score (nSPS) is 15.3. The van der Waals surface area contributed by atoms with Crippen molar-refractivity contribution in [3.63, 3.8) is 0 Å². The molecule has 0 saturated carbocycles. The molecular weight excluding hydrogens is 304 g/mol. The summed E-state index contributed by atoms with van der Waals surface area (Å²) in [4.78, 5) is 11.3. The number of aromatic nitrogens is 2. The zero-order valence-corrected chi connectivity index (χ0v) is 13.9. The number of hydrogen-bond donors (Lipinski definition) is 0. The quantitative estimate of drug-likeness (QED) is 0.787. The van der Waals surface area contributed by atoms with Gasteiger partial charge < -0.3 is 4.90 Å². The van der Waals surface area contributed by atoms with Gasteiger partial charge in [-0.3, -0.25) is 4.98 Å². The summed E-state index contributed by atoms with van der Waals surface area (Å²) in [7, 11) is 0. The highest BCUT2D eigenvalue weighted by Gasteiger charge is 2.11. The van der Waals surface area contributed by atoms with Crippen LogP contribution in [0, 0.1) is 11.3 Å². The summed E-state index contributed by atoms with van der Waals surface area (Å²) in [5.41, 5.74) is 2.30. The second-order valence-corrected chi connectivity index (χ2v) is 6.76. The Bertz CT molecular complexity index is 675. The van der Waals surface area contributed by atoms with Gasteiger partial charge in [-0.15, -0.1) is 11.8 Å². The SMILES string of the molecule is N#Cc1ccc(SCCN2CCCCC2)nc1-c1ccncc1. The van der Waals surface area contributed by atoms with E-state index in [4.69, 9.17) is 4.98 Å². The lowest BCUT2D eigenvalue weighted by Gasteiger charge is -2.25. The van der Waals surface area contributed by atoms with Crippen molar-refractivity contribution in [1.29, 1.82) is 5.26 Å². The zero-order valence-electron chi connectivity index (χ0n) is 13.1. The van der Waals surface area contributed by atoms with Crippen LogP contribution in [0.15, 0.2) is 41.7 Å². The van der Waals surface area contributed by atoms with Crippen LogP contribution in [-0.4, -0.2) is 40.3 Å². The fourth-order valence-corrected chi connectivity index (χ4v) is 3.68. The van der Waals surface area contributed by atoms with Crippen molar-refractivity contribution in [2.24, 2.45) is 0 Å². The van der Waals surface area contributed by atoms with Crippen molar-refractivity contribution in [3.05, 3.63) is 42.2 Å². The smallest absolute Gasteiger partial charge is 0.101 e. The van der Waals surface area contributed by atoms with Gasteiger partial charge in [0.2, 0.25) is 0 Å². The first-order chi connectivity index (χ1) is 11.4. The predicted octanol–water partition coefficient (Wildman–Crippen LogP) is 3.59. The van der Waals surface area contributed by atoms with Gasteiger partial charge in [0.25, 0.3) is 0 Å². The number of nitrogens with zero attached hydrogens (tertiary/aromatic N) is 4. The van der Waals surface area contributed by atoms with Gasteiger partial charge in [0.15, 0.2) is 0 Å². The van der Waals surface area contributed by atoms with Crippen molar-refractivity contribution in [2.45, 2.75) is 24.3 Å². The average Bonchev–Trinajstić information content (AvgIpc) is 2.63. The average molecular weight is 324 g/mol. The van der Waals surface area contributed by atoms with Gasteiger partial charge in [0, 0.05) is 30.3 Å². The van der Waals surface area contributed by atoms with Crippen LogP contribution in [0.3, 0.4) is 0 Å². The molecule has 3 heterocycles. The van der Waals surface area contributed by atoms with Crippen LogP contribution in [0.25, 0.3) is 11.3 Å². The standard InChI is InChI=1S/C18H20N4S/c19-14-16-4-5-17(21-18(16)15-6-8-20-9-7-15)23-13-12-22-10-2-1-3-11-22/h4-9H,1-3,10-13H2. The molecular formula is C18H20N4S. The Balaban J connectivity index is 1.67. The summed E-state index contributed by atoms with van der Waals surface area (Å²) in [6, 6.07) is 9.83. The highest BCUT2D eigenvalue weighted by Crippen LogP contribution is 2.25. The van der Waals surface area contributed by atoms with Crippen molar-refractivity contribution < 1.29 is 0 Å². The van der Waals surface area contributed by atoms with E-state index >= 15 is 0 Å². The van der Waals surface area contributed by atoms with Crippen LogP contribution in [0.5, 0.6) is 0 Å². The van der Waals surface area contributed by atoms with E-state index < -0.39 is 0 Å². The van der Waals surface area contributed by atoms with Crippen molar-refractivity contribution in [2.75, 3.05) is 25.4 Å². The lowest BCUT2D eigenvalue weighted by atomic mass is 10.1. The molecule has 4 nitrogen and oxygen atoms in total. The van der Waals surface area contributed by atoms with E-state index in [0.717, 1.165) is 28.6 Å². The van der Waals surface area contributed by atoms with E-state index in [0.29, 0.717) is 5.56 Å². The summed E-state index contributed by atoms with van der Waals surface area (Å²) in [5.74, 6) is 1.04. The number of likely N-dealkylation sites (tertiary alicyclic amines) is 1. The van der Waals surface area contributed by atoms with E-state index in [1.54, 1.807) is 24.2 Å². The maximum atomic E-state index is 9.30. The number of piperidine rings is 1. The molecule has 5 heteroatoms. The van der Waals surface area contributed by atoms with Gasteiger partial charge in [-0.05, 0) is 50.2 Å². The van der Waals surface area contributed by atoms with Gasteiger partial charge in [-0.2, -0.15) is 5.26 Å². The monoisotopic (exact) mass is 324 g/mol. The zero-order chi connectivity index (χ0) is 15.9. The highest BCUT2D eigenvalue weighted by atomic mass is 32.2. The lowest BCUT2D eigenvalue weighted by Crippen LogP contribution is -2.31. The molecule has 1 saturated heterocycles. The molecule has 1 aliphatic heterocycles. The van der Waals surface area contributed by atoms with Crippen molar-refractivity contribution in [3.8, 4) is 17.3 Å². The predicted molar refractivity (Wildman–Crippen MR) is 93.2 cm³/mol. The van der Waals surface area contributed by atoms with Crippen LogP contribution in [0.2, 0.25) is 0 Å². The molecule has 1 fully saturated rings.